The van der Waals surface area contributed by atoms with Gasteiger partial charge in [0.05, 0.1) is 16.3 Å². The third-order valence-corrected chi connectivity index (χ3v) is 4.13. The number of nitrogens with one attached hydrogen (secondary N) is 1. The molecule has 27 heavy (non-hydrogen) atoms. The van der Waals surface area contributed by atoms with Crippen molar-refractivity contribution < 1.29 is 9.72 Å². The smallest absolute Gasteiger partial charge is 0.270 e. The molecule has 0 saturated carbocycles. The molecule has 0 spiro atoms. The van der Waals surface area contributed by atoms with Crippen molar-refractivity contribution in [3.05, 3.63) is 76.5 Å². The molecule has 0 atom stereocenters. The lowest BCUT2D eigenvalue weighted by Gasteiger charge is -2.08. The van der Waals surface area contributed by atoms with Crippen LogP contribution in [0.1, 0.15) is 30.3 Å². The summed E-state index contributed by atoms with van der Waals surface area (Å²) < 4.78 is 1.52. The Balaban J connectivity index is 2.00. The van der Waals surface area contributed by atoms with Crippen molar-refractivity contribution in [2.45, 2.75) is 19.8 Å². The summed E-state index contributed by atoms with van der Waals surface area (Å²) in [6.07, 6.45) is 1.88. The van der Waals surface area contributed by atoms with Gasteiger partial charge in [-0.1, -0.05) is 43.7 Å². The molecule has 1 heterocycles. The van der Waals surface area contributed by atoms with Gasteiger partial charge in [0.1, 0.15) is 5.69 Å². The van der Waals surface area contributed by atoms with E-state index in [1.165, 1.54) is 16.8 Å². The Morgan fingerprint density at radius 3 is 2.48 bits per heavy atom. The minimum atomic E-state index is -0.458. The number of amides is 1. The van der Waals surface area contributed by atoms with E-state index < -0.39 is 4.92 Å². The summed E-state index contributed by atoms with van der Waals surface area (Å²) in [6, 6.07) is 17.3. The van der Waals surface area contributed by atoms with Gasteiger partial charge in [-0.15, -0.1) is 0 Å². The molecule has 3 aromatic rings. The predicted molar refractivity (Wildman–Crippen MR) is 103 cm³/mol. The number of nitrogens with zero attached hydrogens (tertiary/aromatic N) is 3. The van der Waals surface area contributed by atoms with E-state index in [1.54, 1.807) is 18.2 Å². The number of unbranched alkanes of at least 4 members (excludes halogenated alkanes) is 1. The summed E-state index contributed by atoms with van der Waals surface area (Å²) in [5.41, 5.74) is 2.51. The molecule has 138 valence electrons. The van der Waals surface area contributed by atoms with E-state index >= 15 is 0 Å². The molecule has 3 rings (SSSR count). The second-order valence-corrected chi connectivity index (χ2v) is 6.08. The van der Waals surface area contributed by atoms with Crippen LogP contribution in [-0.4, -0.2) is 27.2 Å². The molecule has 7 nitrogen and oxygen atoms in total. The summed E-state index contributed by atoms with van der Waals surface area (Å²) in [6.45, 7) is 2.64. The van der Waals surface area contributed by atoms with Gasteiger partial charge < -0.3 is 5.32 Å². The Labute approximate surface area is 156 Å². The molecule has 2 aromatic carbocycles. The number of carbonyl (C=O) groups is 1. The van der Waals surface area contributed by atoms with E-state index in [0.29, 0.717) is 23.6 Å². The van der Waals surface area contributed by atoms with E-state index in [-0.39, 0.29) is 11.6 Å². The van der Waals surface area contributed by atoms with Crippen LogP contribution < -0.4 is 5.32 Å². The van der Waals surface area contributed by atoms with E-state index in [9.17, 15) is 14.9 Å². The van der Waals surface area contributed by atoms with Crippen molar-refractivity contribution in [2.75, 3.05) is 6.54 Å². The Morgan fingerprint density at radius 1 is 1.15 bits per heavy atom. The van der Waals surface area contributed by atoms with Gasteiger partial charge in [0.25, 0.3) is 11.6 Å². The number of hydrogen-bond acceptors (Lipinski definition) is 4. The molecule has 1 amide bonds. The minimum Gasteiger partial charge on any atom is -0.351 e. The van der Waals surface area contributed by atoms with Gasteiger partial charge in [-0.25, -0.2) is 4.68 Å². The maximum Gasteiger partial charge on any atom is 0.270 e. The van der Waals surface area contributed by atoms with E-state index in [4.69, 9.17) is 0 Å². The number of nitro benzene ring substituents is 1. The van der Waals surface area contributed by atoms with E-state index in [2.05, 4.69) is 17.3 Å². The minimum absolute atomic E-state index is 0.0110. The summed E-state index contributed by atoms with van der Waals surface area (Å²) >= 11 is 0. The van der Waals surface area contributed by atoms with E-state index in [0.717, 1.165) is 18.4 Å². The van der Waals surface area contributed by atoms with Crippen LogP contribution in [0.4, 0.5) is 5.69 Å². The first-order valence-electron chi connectivity index (χ1n) is 8.78. The molecule has 0 aliphatic heterocycles. The molecule has 0 aliphatic rings. The number of rotatable bonds is 7. The second kappa shape index (κ2) is 8.27. The number of carbonyl (C=O) groups excluding carboxylic acids is 1. The molecule has 0 bridgehead atoms. The van der Waals surface area contributed by atoms with Gasteiger partial charge in [-0.2, -0.15) is 5.10 Å². The normalized spacial score (nSPS) is 10.6. The second-order valence-electron chi connectivity index (χ2n) is 6.08. The highest BCUT2D eigenvalue weighted by molar-refractivity contribution is 5.94. The van der Waals surface area contributed by atoms with Gasteiger partial charge in [-0.3, -0.25) is 14.9 Å². The molecule has 1 aromatic heterocycles. The lowest BCUT2D eigenvalue weighted by molar-refractivity contribution is -0.384. The molecule has 1 N–H and O–H groups in total. The lowest BCUT2D eigenvalue weighted by Crippen LogP contribution is -2.26. The zero-order valence-electron chi connectivity index (χ0n) is 15.0. The zero-order valence-corrected chi connectivity index (χ0v) is 15.0. The van der Waals surface area contributed by atoms with Crippen LogP contribution in [-0.2, 0) is 0 Å². The average molecular weight is 364 g/mol. The van der Waals surface area contributed by atoms with Crippen molar-refractivity contribution in [1.82, 2.24) is 15.1 Å². The van der Waals surface area contributed by atoms with Gasteiger partial charge in [0.2, 0.25) is 0 Å². The fraction of sp³-hybridized carbons (Fsp3) is 0.200. The monoisotopic (exact) mass is 364 g/mol. The van der Waals surface area contributed by atoms with Crippen LogP contribution in [0.3, 0.4) is 0 Å². The molecule has 7 heteroatoms. The van der Waals surface area contributed by atoms with Crippen molar-refractivity contribution in [3.63, 3.8) is 0 Å². The first-order valence-corrected chi connectivity index (χ1v) is 8.78. The largest absolute Gasteiger partial charge is 0.351 e. The molecule has 0 saturated heterocycles. The zero-order chi connectivity index (χ0) is 19.2. The fourth-order valence-electron chi connectivity index (χ4n) is 2.67. The van der Waals surface area contributed by atoms with Crippen molar-refractivity contribution in [1.29, 1.82) is 0 Å². The first-order chi connectivity index (χ1) is 13.1. The summed E-state index contributed by atoms with van der Waals surface area (Å²) in [4.78, 5) is 23.1. The number of hydrogen-bond donors (Lipinski definition) is 1. The molecule has 0 fully saturated rings. The van der Waals surface area contributed by atoms with Crippen LogP contribution in [0.25, 0.3) is 16.9 Å². The van der Waals surface area contributed by atoms with Crippen molar-refractivity contribution >= 4 is 11.6 Å². The standard InChI is InChI=1S/C20H20N4O3/c1-2-3-13-21-20(25)19-14-18(15-7-5-4-6-8-15)22-23(19)16-9-11-17(12-10-16)24(26)27/h4-12,14H,2-3,13H2,1H3,(H,21,25). The average Bonchev–Trinajstić information content (AvgIpc) is 3.14. The van der Waals surface area contributed by atoms with Gasteiger partial charge in [0.15, 0.2) is 0 Å². The number of benzene rings is 2. The summed E-state index contributed by atoms with van der Waals surface area (Å²) in [5.74, 6) is -0.225. The van der Waals surface area contributed by atoms with Gasteiger partial charge in [-0.05, 0) is 24.6 Å². The number of aromatic nitrogens is 2. The topological polar surface area (TPSA) is 90.1 Å². The quantitative estimate of drug-likeness (QED) is 0.390. The van der Waals surface area contributed by atoms with Crippen LogP contribution in [0, 0.1) is 10.1 Å². The Morgan fingerprint density at radius 2 is 1.85 bits per heavy atom. The van der Waals surface area contributed by atoms with Crippen molar-refractivity contribution in [3.8, 4) is 16.9 Å². The first kappa shape index (κ1) is 18.3. The highest BCUT2D eigenvalue weighted by Crippen LogP contribution is 2.23. The maximum absolute atomic E-state index is 12.7. The van der Waals surface area contributed by atoms with Crippen LogP contribution >= 0.6 is 0 Å². The Kier molecular flexibility index (Phi) is 5.61. The van der Waals surface area contributed by atoms with Crippen LogP contribution in [0.15, 0.2) is 60.7 Å². The fourth-order valence-corrected chi connectivity index (χ4v) is 2.67. The van der Waals surface area contributed by atoms with Gasteiger partial charge >= 0.3 is 0 Å². The predicted octanol–water partition coefficient (Wildman–Crippen LogP) is 3.98. The highest BCUT2D eigenvalue weighted by Gasteiger charge is 2.18. The molecule has 0 aliphatic carbocycles. The molecular weight excluding hydrogens is 344 g/mol. The third kappa shape index (κ3) is 4.20. The van der Waals surface area contributed by atoms with Gasteiger partial charge in [0, 0.05) is 24.2 Å². The molecule has 0 unspecified atom stereocenters. The van der Waals surface area contributed by atoms with Crippen LogP contribution in [0.5, 0.6) is 0 Å². The van der Waals surface area contributed by atoms with Crippen molar-refractivity contribution in [2.24, 2.45) is 0 Å². The number of non-ortho nitro benzene ring substituents is 1. The molecular formula is C20H20N4O3. The Bertz CT molecular complexity index is 934. The third-order valence-electron chi connectivity index (χ3n) is 4.13. The maximum atomic E-state index is 12.7. The Hall–Kier alpha value is -3.48. The highest BCUT2D eigenvalue weighted by atomic mass is 16.6. The summed E-state index contributed by atoms with van der Waals surface area (Å²) in [7, 11) is 0. The number of nitro groups is 1. The van der Waals surface area contributed by atoms with E-state index in [1.807, 2.05) is 30.3 Å². The SMILES string of the molecule is CCCCNC(=O)c1cc(-c2ccccc2)nn1-c1ccc([N+](=O)[O-])cc1. The van der Waals surface area contributed by atoms with Crippen LogP contribution in [0.2, 0.25) is 0 Å². The lowest BCUT2D eigenvalue weighted by atomic mass is 10.1. The summed E-state index contributed by atoms with van der Waals surface area (Å²) in [5, 5.41) is 18.3. The molecule has 0 radical (unpaired) electrons.